The van der Waals surface area contributed by atoms with Crippen LogP contribution in [0.5, 0.6) is 0 Å². The topological polar surface area (TPSA) is 54.4 Å². The maximum absolute atomic E-state index is 11.4. The smallest absolute Gasteiger partial charge is 0.175 e. The third kappa shape index (κ3) is 3.19. The van der Waals surface area contributed by atoms with E-state index < -0.39 is 15.9 Å². The summed E-state index contributed by atoms with van der Waals surface area (Å²) in [5.74, 6) is 0. The van der Waals surface area contributed by atoms with E-state index in [1.165, 1.54) is 12.1 Å². The van der Waals surface area contributed by atoms with Crippen molar-refractivity contribution in [3.63, 3.8) is 0 Å². The molecule has 0 aliphatic rings. The second-order valence-corrected chi connectivity index (χ2v) is 6.99. The minimum absolute atomic E-state index is 0.240. The average molecular weight is 282 g/mol. The molecule has 3 nitrogen and oxygen atoms in total. The van der Waals surface area contributed by atoms with Crippen LogP contribution in [-0.2, 0) is 16.3 Å². The Kier molecular flexibility index (Phi) is 3.85. The fourth-order valence-corrected chi connectivity index (χ4v) is 3.06. The molecule has 1 heterocycles. The summed E-state index contributed by atoms with van der Waals surface area (Å²) < 4.78 is 22.9. The molecule has 0 fully saturated rings. The number of benzene rings is 1. The van der Waals surface area contributed by atoms with E-state index in [4.69, 9.17) is 0 Å². The molecule has 0 radical (unpaired) electrons. The van der Waals surface area contributed by atoms with Gasteiger partial charge in [0.05, 0.1) is 11.0 Å². The van der Waals surface area contributed by atoms with Crippen LogP contribution in [-0.4, -0.2) is 19.8 Å². The first-order chi connectivity index (χ1) is 8.47. The van der Waals surface area contributed by atoms with Gasteiger partial charge >= 0.3 is 0 Å². The quantitative estimate of drug-likeness (QED) is 0.937. The van der Waals surface area contributed by atoms with Gasteiger partial charge in [0.15, 0.2) is 9.84 Å². The molecule has 1 aromatic carbocycles. The number of aliphatic hydroxyl groups is 1. The van der Waals surface area contributed by atoms with Crippen molar-refractivity contribution in [1.29, 1.82) is 0 Å². The maximum atomic E-state index is 11.4. The van der Waals surface area contributed by atoms with Gasteiger partial charge in [0.1, 0.15) is 0 Å². The maximum Gasteiger partial charge on any atom is 0.175 e. The van der Waals surface area contributed by atoms with E-state index in [1.54, 1.807) is 23.5 Å². The van der Waals surface area contributed by atoms with Crippen LogP contribution >= 0.6 is 11.3 Å². The van der Waals surface area contributed by atoms with Crippen molar-refractivity contribution in [3.8, 4) is 0 Å². The Labute approximate surface area is 111 Å². The first-order valence-electron chi connectivity index (χ1n) is 5.46. The van der Waals surface area contributed by atoms with Gasteiger partial charge in [-0.05, 0) is 40.1 Å². The Balaban J connectivity index is 2.23. The standard InChI is InChI=1S/C13H14O3S2/c1-18(15,16)12-4-2-3-11(8-12)13(14)7-10-5-6-17-9-10/h2-6,8-9,13-14H,7H2,1H3. The molecule has 2 aromatic rings. The van der Waals surface area contributed by atoms with Gasteiger partial charge in [-0.2, -0.15) is 11.3 Å². The molecule has 0 aliphatic carbocycles. The van der Waals surface area contributed by atoms with E-state index in [1.807, 2.05) is 16.8 Å². The normalized spacial score (nSPS) is 13.4. The zero-order chi connectivity index (χ0) is 13.2. The summed E-state index contributed by atoms with van der Waals surface area (Å²) in [6.07, 6.45) is 0.981. The van der Waals surface area contributed by atoms with Crippen LogP contribution in [0.15, 0.2) is 46.0 Å². The highest BCUT2D eigenvalue weighted by atomic mass is 32.2. The van der Waals surface area contributed by atoms with Crippen LogP contribution in [0.3, 0.4) is 0 Å². The fraction of sp³-hybridized carbons (Fsp3) is 0.231. The summed E-state index contributed by atoms with van der Waals surface area (Å²) in [7, 11) is -3.23. The SMILES string of the molecule is CS(=O)(=O)c1cccc(C(O)Cc2ccsc2)c1. The molecule has 96 valence electrons. The molecular formula is C13H14O3S2. The van der Waals surface area contributed by atoms with E-state index in [9.17, 15) is 13.5 Å². The van der Waals surface area contributed by atoms with Crippen LogP contribution in [0.25, 0.3) is 0 Å². The Morgan fingerprint density at radius 1 is 1.33 bits per heavy atom. The van der Waals surface area contributed by atoms with Gasteiger partial charge in [0.2, 0.25) is 0 Å². The zero-order valence-corrected chi connectivity index (χ0v) is 11.5. The Morgan fingerprint density at radius 2 is 2.11 bits per heavy atom. The third-order valence-electron chi connectivity index (χ3n) is 2.68. The number of rotatable bonds is 4. The Hall–Kier alpha value is -1.17. The predicted octanol–water partition coefficient (Wildman–Crippen LogP) is 2.43. The highest BCUT2D eigenvalue weighted by Crippen LogP contribution is 2.22. The summed E-state index contributed by atoms with van der Waals surface area (Å²) in [5.41, 5.74) is 1.68. The first kappa shape index (κ1) is 13.3. The van der Waals surface area contributed by atoms with E-state index in [0.29, 0.717) is 12.0 Å². The molecule has 0 aliphatic heterocycles. The molecule has 0 amide bonds. The van der Waals surface area contributed by atoms with Gasteiger partial charge in [-0.25, -0.2) is 8.42 Å². The number of sulfone groups is 1. The Morgan fingerprint density at radius 3 is 2.72 bits per heavy atom. The van der Waals surface area contributed by atoms with E-state index in [2.05, 4.69) is 0 Å². The molecule has 2 rings (SSSR count). The molecule has 0 saturated heterocycles. The third-order valence-corrected chi connectivity index (χ3v) is 4.52. The summed E-state index contributed by atoms with van der Waals surface area (Å²) in [5, 5.41) is 14.0. The lowest BCUT2D eigenvalue weighted by Gasteiger charge is -2.11. The molecular weight excluding hydrogens is 268 g/mol. The lowest BCUT2D eigenvalue weighted by molar-refractivity contribution is 0.178. The van der Waals surface area contributed by atoms with Gasteiger partial charge in [-0.1, -0.05) is 12.1 Å². The summed E-state index contributed by atoms with van der Waals surface area (Å²) in [4.78, 5) is 0.240. The zero-order valence-electron chi connectivity index (χ0n) is 9.91. The summed E-state index contributed by atoms with van der Waals surface area (Å²) >= 11 is 1.58. The highest BCUT2D eigenvalue weighted by molar-refractivity contribution is 7.90. The molecule has 18 heavy (non-hydrogen) atoms. The number of hydrogen-bond acceptors (Lipinski definition) is 4. The second-order valence-electron chi connectivity index (χ2n) is 4.20. The molecule has 1 aromatic heterocycles. The van der Waals surface area contributed by atoms with Crippen molar-refractivity contribution in [1.82, 2.24) is 0 Å². The molecule has 0 spiro atoms. The van der Waals surface area contributed by atoms with Gasteiger partial charge in [0, 0.05) is 12.7 Å². The van der Waals surface area contributed by atoms with E-state index >= 15 is 0 Å². The number of hydrogen-bond donors (Lipinski definition) is 1. The largest absolute Gasteiger partial charge is 0.388 e. The van der Waals surface area contributed by atoms with Crippen LogP contribution in [0, 0.1) is 0 Å². The van der Waals surface area contributed by atoms with Crippen LogP contribution in [0.4, 0.5) is 0 Å². The molecule has 0 saturated carbocycles. The van der Waals surface area contributed by atoms with E-state index in [0.717, 1.165) is 11.8 Å². The van der Waals surface area contributed by atoms with Crippen molar-refractivity contribution >= 4 is 21.2 Å². The van der Waals surface area contributed by atoms with Gasteiger partial charge in [-0.3, -0.25) is 0 Å². The monoisotopic (exact) mass is 282 g/mol. The molecule has 5 heteroatoms. The van der Waals surface area contributed by atoms with E-state index in [-0.39, 0.29) is 4.90 Å². The lowest BCUT2D eigenvalue weighted by atomic mass is 10.0. The van der Waals surface area contributed by atoms with Crippen molar-refractivity contribution in [3.05, 3.63) is 52.2 Å². The minimum Gasteiger partial charge on any atom is -0.388 e. The average Bonchev–Trinajstić information content (AvgIpc) is 2.81. The fourth-order valence-electron chi connectivity index (χ4n) is 1.70. The Bertz CT molecular complexity index is 615. The lowest BCUT2D eigenvalue weighted by Crippen LogP contribution is -2.03. The number of thiophene rings is 1. The first-order valence-corrected chi connectivity index (χ1v) is 8.29. The summed E-state index contributed by atoms with van der Waals surface area (Å²) in [6.45, 7) is 0. The van der Waals surface area contributed by atoms with Crippen LogP contribution < -0.4 is 0 Å². The van der Waals surface area contributed by atoms with Crippen molar-refractivity contribution < 1.29 is 13.5 Å². The van der Waals surface area contributed by atoms with Crippen molar-refractivity contribution in [2.24, 2.45) is 0 Å². The van der Waals surface area contributed by atoms with Gasteiger partial charge in [0.25, 0.3) is 0 Å². The molecule has 0 bridgehead atoms. The van der Waals surface area contributed by atoms with Crippen LogP contribution in [0.1, 0.15) is 17.2 Å². The highest BCUT2D eigenvalue weighted by Gasteiger charge is 2.13. The van der Waals surface area contributed by atoms with Gasteiger partial charge in [-0.15, -0.1) is 0 Å². The molecule has 1 N–H and O–H groups in total. The molecule has 1 unspecified atom stereocenters. The molecule has 1 atom stereocenters. The van der Waals surface area contributed by atoms with Crippen LogP contribution in [0.2, 0.25) is 0 Å². The number of aliphatic hydroxyl groups excluding tert-OH is 1. The predicted molar refractivity (Wildman–Crippen MR) is 72.5 cm³/mol. The minimum atomic E-state index is -3.23. The van der Waals surface area contributed by atoms with Crippen molar-refractivity contribution in [2.75, 3.05) is 6.26 Å². The van der Waals surface area contributed by atoms with Crippen molar-refractivity contribution in [2.45, 2.75) is 17.4 Å². The summed E-state index contributed by atoms with van der Waals surface area (Å²) in [6, 6.07) is 8.42. The van der Waals surface area contributed by atoms with Gasteiger partial charge < -0.3 is 5.11 Å². The second kappa shape index (κ2) is 5.22.